The van der Waals surface area contributed by atoms with Gasteiger partial charge in [-0.2, -0.15) is 10.2 Å². The van der Waals surface area contributed by atoms with Crippen LogP contribution in [0, 0.1) is 11.3 Å². The number of ether oxygens (including phenoxy) is 1. The third kappa shape index (κ3) is 2.31. The van der Waals surface area contributed by atoms with E-state index in [0.717, 1.165) is 0 Å². The molecule has 0 atom stereocenters. The second-order valence-electron chi connectivity index (χ2n) is 2.76. The molecule has 2 N–H and O–H groups in total. The summed E-state index contributed by atoms with van der Waals surface area (Å²) in [5.74, 6) is -0.170. The highest BCUT2D eigenvalue weighted by atomic mass is 19.3. The maximum absolute atomic E-state index is 12.6. The smallest absolute Gasteiger partial charge is 0.267 e. The lowest BCUT2D eigenvalue weighted by Crippen LogP contribution is -2.04. The molecule has 0 fully saturated rings. The summed E-state index contributed by atoms with van der Waals surface area (Å²) in [5.41, 5.74) is 5.11. The van der Waals surface area contributed by atoms with Gasteiger partial charge in [-0.1, -0.05) is 0 Å². The van der Waals surface area contributed by atoms with Gasteiger partial charge in [-0.25, -0.2) is 8.78 Å². The quantitative estimate of drug-likeness (QED) is 0.828. The van der Waals surface area contributed by atoms with Gasteiger partial charge in [-0.05, 0) is 5.56 Å². The highest BCUT2D eigenvalue weighted by molar-refractivity contribution is 5.49. The van der Waals surface area contributed by atoms with Crippen molar-refractivity contribution in [1.82, 2.24) is 4.98 Å². The highest BCUT2D eigenvalue weighted by Crippen LogP contribution is 2.30. The summed E-state index contributed by atoms with van der Waals surface area (Å²) in [7, 11) is 1.35. The van der Waals surface area contributed by atoms with Crippen LogP contribution in [0.1, 0.15) is 17.6 Å². The predicted molar refractivity (Wildman–Crippen MR) is 49.5 cm³/mol. The van der Waals surface area contributed by atoms with Crippen LogP contribution in [0.15, 0.2) is 6.07 Å². The maximum Gasteiger partial charge on any atom is 0.267 e. The fraction of sp³-hybridized carbons (Fsp3) is 0.333. The minimum Gasteiger partial charge on any atom is -0.481 e. The lowest BCUT2D eigenvalue weighted by atomic mass is 10.1. The Balaban J connectivity index is 3.30. The first-order chi connectivity index (χ1) is 7.10. The molecule has 0 aliphatic heterocycles. The van der Waals surface area contributed by atoms with Gasteiger partial charge >= 0.3 is 0 Å². The van der Waals surface area contributed by atoms with Gasteiger partial charge in [0.15, 0.2) is 0 Å². The summed E-state index contributed by atoms with van der Waals surface area (Å²) in [6.07, 6.45) is -2.89. The van der Waals surface area contributed by atoms with Gasteiger partial charge in [0, 0.05) is 6.07 Å². The molecule has 0 spiro atoms. The zero-order chi connectivity index (χ0) is 11.4. The number of pyridine rings is 1. The van der Waals surface area contributed by atoms with Crippen molar-refractivity contribution in [2.45, 2.75) is 12.8 Å². The van der Waals surface area contributed by atoms with E-state index in [0.29, 0.717) is 0 Å². The van der Waals surface area contributed by atoms with Crippen molar-refractivity contribution in [2.75, 3.05) is 12.8 Å². The Bertz CT molecular complexity index is 401. The second-order valence-corrected chi connectivity index (χ2v) is 2.76. The van der Waals surface area contributed by atoms with E-state index in [9.17, 15) is 8.78 Å². The molecule has 15 heavy (non-hydrogen) atoms. The number of aromatic nitrogens is 1. The summed E-state index contributed by atoms with van der Waals surface area (Å²) < 4.78 is 29.9. The molecule has 0 aromatic carbocycles. The minimum absolute atomic E-state index is 0.127. The number of hydrogen-bond acceptors (Lipinski definition) is 4. The number of nitrogens with zero attached hydrogens (tertiary/aromatic N) is 2. The summed E-state index contributed by atoms with van der Waals surface area (Å²) >= 11 is 0. The Morgan fingerprint density at radius 2 is 2.33 bits per heavy atom. The number of nitrogens with two attached hydrogens (primary N) is 1. The van der Waals surface area contributed by atoms with Crippen LogP contribution in [0.5, 0.6) is 5.88 Å². The molecule has 4 nitrogen and oxygen atoms in total. The van der Waals surface area contributed by atoms with Gasteiger partial charge in [0.05, 0.1) is 25.2 Å². The van der Waals surface area contributed by atoms with Crippen LogP contribution in [0.4, 0.5) is 14.6 Å². The zero-order valence-electron chi connectivity index (χ0n) is 8.00. The first kappa shape index (κ1) is 11.2. The fourth-order valence-electron chi connectivity index (χ4n) is 1.19. The number of nitrogen functional groups attached to an aromatic ring is 1. The van der Waals surface area contributed by atoms with E-state index in [1.54, 1.807) is 6.07 Å². The van der Waals surface area contributed by atoms with E-state index in [2.05, 4.69) is 4.98 Å². The molecule has 0 aliphatic rings. The van der Waals surface area contributed by atoms with E-state index in [1.807, 2.05) is 0 Å². The topological polar surface area (TPSA) is 71.9 Å². The molecule has 0 aliphatic carbocycles. The lowest BCUT2D eigenvalue weighted by molar-refractivity contribution is 0.151. The van der Waals surface area contributed by atoms with Crippen LogP contribution in [0.2, 0.25) is 0 Å². The summed E-state index contributed by atoms with van der Waals surface area (Å²) in [5, 5.41) is 8.48. The number of nitriles is 1. The number of alkyl halides is 2. The van der Waals surface area contributed by atoms with E-state index in [4.69, 9.17) is 15.7 Å². The van der Waals surface area contributed by atoms with Gasteiger partial charge in [-0.15, -0.1) is 0 Å². The first-order valence-corrected chi connectivity index (χ1v) is 4.08. The number of rotatable bonds is 3. The third-order valence-corrected chi connectivity index (χ3v) is 1.85. The molecule has 1 heterocycles. The first-order valence-electron chi connectivity index (χ1n) is 4.08. The molecular weight excluding hydrogens is 204 g/mol. The van der Waals surface area contributed by atoms with Crippen molar-refractivity contribution in [1.29, 1.82) is 5.26 Å². The van der Waals surface area contributed by atoms with Gasteiger partial charge in [0.1, 0.15) is 5.82 Å². The fourth-order valence-corrected chi connectivity index (χ4v) is 1.19. The molecule has 0 saturated carbocycles. The van der Waals surface area contributed by atoms with Crippen molar-refractivity contribution in [3.8, 4) is 11.9 Å². The lowest BCUT2D eigenvalue weighted by Gasteiger charge is -2.10. The highest BCUT2D eigenvalue weighted by Gasteiger charge is 2.19. The number of halogens is 2. The van der Waals surface area contributed by atoms with Crippen molar-refractivity contribution in [3.05, 3.63) is 17.2 Å². The van der Waals surface area contributed by atoms with E-state index in [1.165, 1.54) is 13.2 Å². The molecule has 0 saturated heterocycles. The normalized spacial score (nSPS) is 10.1. The van der Waals surface area contributed by atoms with Crippen LogP contribution >= 0.6 is 0 Å². The Hall–Kier alpha value is -1.90. The number of hydrogen-bond donors (Lipinski definition) is 1. The Kier molecular flexibility index (Phi) is 3.39. The van der Waals surface area contributed by atoms with Crippen molar-refractivity contribution in [3.63, 3.8) is 0 Å². The molecule has 0 bridgehead atoms. The van der Waals surface area contributed by atoms with Gasteiger partial charge in [-0.3, -0.25) is 0 Å². The van der Waals surface area contributed by atoms with Crippen LogP contribution < -0.4 is 10.5 Å². The standard InChI is InChI=1S/C9H9F2N3O/c1-15-6-4-5(2-3-12)7(8(10)11)9(13)14-6/h4,8H,2H2,1H3,(H2,13,14). The Morgan fingerprint density at radius 3 is 2.80 bits per heavy atom. The van der Waals surface area contributed by atoms with Gasteiger partial charge in [0.25, 0.3) is 6.43 Å². The molecular formula is C9H9F2N3O. The molecule has 1 rings (SSSR count). The molecule has 0 radical (unpaired) electrons. The monoisotopic (exact) mass is 213 g/mol. The van der Waals surface area contributed by atoms with E-state index < -0.39 is 12.0 Å². The summed E-state index contributed by atoms with van der Waals surface area (Å²) in [4.78, 5) is 3.62. The minimum atomic E-state index is -2.74. The van der Waals surface area contributed by atoms with Gasteiger partial charge in [0.2, 0.25) is 5.88 Å². The zero-order valence-corrected chi connectivity index (χ0v) is 8.00. The average Bonchev–Trinajstić information content (AvgIpc) is 2.16. The SMILES string of the molecule is COc1cc(CC#N)c(C(F)F)c(N)n1. The largest absolute Gasteiger partial charge is 0.481 e. The van der Waals surface area contributed by atoms with E-state index in [-0.39, 0.29) is 23.7 Å². The predicted octanol–water partition coefficient (Wildman–Crippen LogP) is 1.68. The third-order valence-electron chi connectivity index (χ3n) is 1.85. The van der Waals surface area contributed by atoms with Crippen LogP contribution in [-0.4, -0.2) is 12.1 Å². The van der Waals surface area contributed by atoms with Crippen molar-refractivity contribution < 1.29 is 13.5 Å². The molecule has 6 heteroatoms. The number of methoxy groups -OCH3 is 1. The van der Waals surface area contributed by atoms with Crippen LogP contribution in [0.3, 0.4) is 0 Å². The second kappa shape index (κ2) is 4.55. The van der Waals surface area contributed by atoms with E-state index >= 15 is 0 Å². The average molecular weight is 213 g/mol. The number of anilines is 1. The maximum atomic E-state index is 12.6. The van der Waals surface area contributed by atoms with Crippen LogP contribution in [0.25, 0.3) is 0 Å². The molecule has 1 aromatic heterocycles. The van der Waals surface area contributed by atoms with Gasteiger partial charge < -0.3 is 10.5 Å². The molecule has 0 unspecified atom stereocenters. The molecule has 1 aromatic rings. The summed E-state index contributed by atoms with van der Waals surface area (Å²) in [6.45, 7) is 0. The molecule has 0 amide bonds. The van der Waals surface area contributed by atoms with Crippen molar-refractivity contribution in [2.24, 2.45) is 0 Å². The summed E-state index contributed by atoms with van der Waals surface area (Å²) in [6, 6.07) is 3.08. The molecule has 80 valence electrons. The van der Waals surface area contributed by atoms with Crippen LogP contribution in [-0.2, 0) is 6.42 Å². The van der Waals surface area contributed by atoms with Crippen molar-refractivity contribution >= 4 is 5.82 Å². The Morgan fingerprint density at radius 1 is 1.67 bits per heavy atom. The Labute approximate surface area is 85.3 Å².